The second-order valence-electron chi connectivity index (χ2n) is 3.60. The molecule has 0 unspecified atom stereocenters. The average molecular weight is 312 g/mol. The molecule has 0 spiro atoms. The summed E-state index contributed by atoms with van der Waals surface area (Å²) >= 11 is 4.25. The summed E-state index contributed by atoms with van der Waals surface area (Å²) in [5.74, 6) is 0.194. The van der Waals surface area contributed by atoms with E-state index in [1.54, 1.807) is 6.07 Å². The Labute approximate surface area is 101 Å². The van der Waals surface area contributed by atoms with Crippen LogP contribution in [0, 0.1) is 11.9 Å². The number of ether oxygens (including phenoxy) is 1. The summed E-state index contributed by atoms with van der Waals surface area (Å²) in [4.78, 5) is 0. The van der Waals surface area contributed by atoms with Crippen molar-refractivity contribution < 1.29 is 25.5 Å². The minimum atomic E-state index is -0.322. The Morgan fingerprint density at radius 3 is 2.36 bits per heavy atom. The second-order valence-corrected chi connectivity index (χ2v) is 3.60. The van der Waals surface area contributed by atoms with E-state index in [-0.39, 0.29) is 11.4 Å². The standard InChI is InChI=1S/C10H12FO.BrH.Zn/c1-10(2,3)12-9-6-4-5-8(11)7-9;;/h5-7H,1-3H3;1H;/q-1;;+2/p-1. The van der Waals surface area contributed by atoms with Gasteiger partial charge < -0.3 is 4.74 Å². The molecular formula is C10H12BrFOZn. The molecule has 0 heterocycles. The Kier molecular flexibility index (Phi) is 6.55. The average Bonchev–Trinajstić information content (AvgIpc) is 2.04. The molecule has 0 amide bonds. The molecule has 0 saturated heterocycles. The van der Waals surface area contributed by atoms with Crippen LogP contribution in [0.1, 0.15) is 20.8 Å². The van der Waals surface area contributed by atoms with Crippen molar-refractivity contribution in [2.24, 2.45) is 0 Å². The molecule has 14 heavy (non-hydrogen) atoms. The quantitative estimate of drug-likeness (QED) is 0.568. The molecule has 0 N–H and O–H groups in total. The Hall–Kier alpha value is 0.0534. The summed E-state index contributed by atoms with van der Waals surface area (Å²) in [5.41, 5.74) is -0.290. The Bertz CT molecular complexity index is 273. The van der Waals surface area contributed by atoms with Crippen molar-refractivity contribution in [1.29, 1.82) is 0 Å². The van der Waals surface area contributed by atoms with Crippen molar-refractivity contribution in [3.8, 4) is 5.75 Å². The predicted octanol–water partition coefficient (Wildman–Crippen LogP) is 3.65. The van der Waals surface area contributed by atoms with Crippen LogP contribution in [0.25, 0.3) is 0 Å². The summed E-state index contributed by atoms with van der Waals surface area (Å²) in [6.45, 7) is 5.74. The minimum absolute atomic E-state index is 0.290. The molecule has 0 aliphatic carbocycles. The van der Waals surface area contributed by atoms with Crippen LogP contribution in [-0.4, -0.2) is 5.60 Å². The second kappa shape index (κ2) is 6.52. The van der Waals surface area contributed by atoms with Gasteiger partial charge in [-0.05, 0) is 20.8 Å². The summed E-state index contributed by atoms with van der Waals surface area (Å²) in [7, 11) is 0. The SMILES string of the molecule is CC(C)(C)Oc1c[c-]cc(F)c1.[Zn+][Br]. The summed E-state index contributed by atoms with van der Waals surface area (Å²) in [6, 6.07) is 6.89. The van der Waals surface area contributed by atoms with Crippen molar-refractivity contribution in [2.75, 3.05) is 0 Å². The van der Waals surface area contributed by atoms with Crippen molar-refractivity contribution in [2.45, 2.75) is 26.4 Å². The van der Waals surface area contributed by atoms with Gasteiger partial charge in [-0.3, -0.25) is 4.39 Å². The zero-order valence-electron chi connectivity index (χ0n) is 8.60. The molecule has 1 nitrogen and oxygen atoms in total. The van der Waals surface area contributed by atoms with E-state index >= 15 is 0 Å². The van der Waals surface area contributed by atoms with Crippen LogP contribution < -0.4 is 4.74 Å². The van der Waals surface area contributed by atoms with Crippen LogP contribution in [0.15, 0.2) is 18.2 Å². The molecule has 0 aromatic heterocycles. The van der Waals surface area contributed by atoms with E-state index in [0.29, 0.717) is 5.75 Å². The fraction of sp³-hybridized carbons (Fsp3) is 0.400. The Balaban J connectivity index is 0.000000791. The summed E-state index contributed by atoms with van der Waals surface area (Å²) in [6.07, 6.45) is 0. The first-order valence-electron chi connectivity index (χ1n) is 4.10. The van der Waals surface area contributed by atoms with Crippen LogP contribution in [-0.2, 0) is 16.3 Å². The van der Waals surface area contributed by atoms with Gasteiger partial charge in [-0.2, -0.15) is 6.07 Å². The van der Waals surface area contributed by atoms with Crippen molar-refractivity contribution in [3.63, 3.8) is 0 Å². The normalized spacial score (nSPS) is 10.2. The molecule has 0 aliphatic rings. The van der Waals surface area contributed by atoms with Gasteiger partial charge in [0.1, 0.15) is 0 Å². The summed E-state index contributed by atoms with van der Waals surface area (Å²) < 4.78 is 18.0. The van der Waals surface area contributed by atoms with Crippen LogP contribution in [0.2, 0.25) is 0 Å². The van der Waals surface area contributed by atoms with Gasteiger partial charge in [-0.1, -0.05) is 6.07 Å². The molecule has 0 saturated carbocycles. The Morgan fingerprint density at radius 2 is 1.93 bits per heavy atom. The molecular weight excluding hydrogens is 300 g/mol. The third-order valence-corrected chi connectivity index (χ3v) is 1.15. The third kappa shape index (κ3) is 6.50. The first kappa shape index (κ1) is 14.1. The van der Waals surface area contributed by atoms with E-state index in [1.165, 1.54) is 28.5 Å². The van der Waals surface area contributed by atoms with E-state index in [9.17, 15) is 4.39 Å². The van der Waals surface area contributed by atoms with E-state index in [0.717, 1.165) is 0 Å². The third-order valence-electron chi connectivity index (χ3n) is 1.15. The number of rotatable bonds is 1. The van der Waals surface area contributed by atoms with E-state index in [1.807, 2.05) is 20.8 Å². The van der Waals surface area contributed by atoms with Crippen molar-refractivity contribution in [3.05, 3.63) is 30.1 Å². The monoisotopic (exact) mass is 310 g/mol. The van der Waals surface area contributed by atoms with Gasteiger partial charge in [0.2, 0.25) is 0 Å². The van der Waals surface area contributed by atoms with Crippen LogP contribution in [0.4, 0.5) is 4.39 Å². The molecule has 4 heteroatoms. The Morgan fingerprint density at radius 1 is 1.36 bits per heavy atom. The molecule has 1 aromatic carbocycles. The molecule has 1 aromatic rings. The summed E-state index contributed by atoms with van der Waals surface area (Å²) in [5, 5.41) is 0. The van der Waals surface area contributed by atoms with Gasteiger partial charge in [-0.15, -0.1) is 12.1 Å². The molecule has 1 rings (SSSR count). The van der Waals surface area contributed by atoms with Gasteiger partial charge in [0, 0.05) is 11.6 Å². The molecule has 0 atom stereocenters. The van der Waals surface area contributed by atoms with E-state index < -0.39 is 0 Å². The predicted molar refractivity (Wildman–Crippen MR) is 54.5 cm³/mol. The van der Waals surface area contributed by atoms with Crippen LogP contribution in [0.5, 0.6) is 5.75 Å². The number of hydrogen-bond donors (Lipinski definition) is 0. The van der Waals surface area contributed by atoms with Crippen molar-refractivity contribution >= 4 is 13.6 Å². The van der Waals surface area contributed by atoms with Gasteiger partial charge in [0.25, 0.3) is 0 Å². The zero-order chi connectivity index (χ0) is 11.2. The fourth-order valence-electron chi connectivity index (χ4n) is 0.835. The zero-order valence-corrected chi connectivity index (χ0v) is 13.2. The maximum absolute atomic E-state index is 12.6. The van der Waals surface area contributed by atoms with E-state index in [2.05, 4.69) is 19.7 Å². The molecule has 0 fully saturated rings. The van der Waals surface area contributed by atoms with Gasteiger partial charge in [0.05, 0.1) is 5.60 Å². The number of hydrogen-bond acceptors (Lipinski definition) is 1. The molecule has 74 valence electrons. The molecule has 0 radical (unpaired) electrons. The van der Waals surface area contributed by atoms with Gasteiger partial charge in [-0.25, -0.2) is 0 Å². The molecule has 0 aliphatic heterocycles. The first-order chi connectivity index (χ1) is 6.47. The fourth-order valence-corrected chi connectivity index (χ4v) is 0.835. The number of halogens is 2. The van der Waals surface area contributed by atoms with Crippen LogP contribution >= 0.6 is 13.6 Å². The van der Waals surface area contributed by atoms with Gasteiger partial charge in [0.15, 0.2) is 0 Å². The van der Waals surface area contributed by atoms with E-state index in [4.69, 9.17) is 4.74 Å². The number of benzene rings is 1. The molecule has 0 bridgehead atoms. The first-order valence-corrected chi connectivity index (χ1v) is 11.0. The van der Waals surface area contributed by atoms with Crippen LogP contribution in [0.3, 0.4) is 0 Å². The van der Waals surface area contributed by atoms with Crippen molar-refractivity contribution in [1.82, 2.24) is 0 Å². The van der Waals surface area contributed by atoms with Gasteiger partial charge >= 0.3 is 30.0 Å². The topological polar surface area (TPSA) is 9.23 Å². The maximum atomic E-state index is 12.6.